The highest BCUT2D eigenvalue weighted by Crippen LogP contribution is 1.95. The molecule has 0 aliphatic heterocycles. The summed E-state index contributed by atoms with van der Waals surface area (Å²) in [6, 6.07) is 1.50. The molecule has 1 aromatic rings. The van der Waals surface area contributed by atoms with Crippen LogP contribution in [0.4, 0.5) is 0 Å². The van der Waals surface area contributed by atoms with Crippen molar-refractivity contribution in [2.24, 2.45) is 5.73 Å². The molecule has 5 heteroatoms. The highest BCUT2D eigenvalue weighted by Gasteiger charge is 2.14. The number of nitrogens with two attached hydrogens (primary N) is 1. The van der Waals surface area contributed by atoms with E-state index in [2.05, 4.69) is 10.4 Å². The largest absolute Gasteiger partial charge is 0.350 e. The lowest BCUT2D eigenvalue weighted by molar-refractivity contribution is -0.123. The molecule has 0 aromatic carbocycles. The normalized spacial score (nSPS) is 14.4. The van der Waals surface area contributed by atoms with Crippen molar-refractivity contribution in [2.45, 2.75) is 45.3 Å². The van der Waals surface area contributed by atoms with Gasteiger partial charge in [-0.15, -0.1) is 0 Å². The Morgan fingerprint density at radius 1 is 1.62 bits per heavy atom. The summed E-state index contributed by atoms with van der Waals surface area (Å²) in [6.07, 6.45) is 5.23. The molecule has 90 valence electrons. The van der Waals surface area contributed by atoms with Gasteiger partial charge in [-0.3, -0.25) is 9.48 Å². The lowest BCUT2D eigenvalue weighted by Crippen LogP contribution is -2.45. The second-order valence-corrected chi connectivity index (χ2v) is 4.03. The van der Waals surface area contributed by atoms with E-state index < -0.39 is 6.04 Å². The third-order valence-electron chi connectivity index (χ3n) is 2.35. The fraction of sp³-hybridized carbons (Fsp3) is 0.636. The first kappa shape index (κ1) is 12.7. The second-order valence-electron chi connectivity index (χ2n) is 4.03. The maximum absolute atomic E-state index is 11.6. The second kappa shape index (κ2) is 6.27. The minimum absolute atomic E-state index is 0.0373. The van der Waals surface area contributed by atoms with Gasteiger partial charge in [0.1, 0.15) is 0 Å². The van der Waals surface area contributed by atoms with Gasteiger partial charge in [-0.05, 0) is 19.4 Å². The predicted octanol–water partition coefficient (Wildman–Crippen LogP) is 0.515. The Balaban J connectivity index is 2.33. The Bertz CT molecular complexity index is 310. The number of carbonyl (C=O) groups excluding carboxylic acids is 1. The first-order valence-electron chi connectivity index (χ1n) is 5.67. The van der Waals surface area contributed by atoms with Gasteiger partial charge in [0.15, 0.2) is 0 Å². The van der Waals surface area contributed by atoms with Crippen molar-refractivity contribution < 1.29 is 4.79 Å². The van der Waals surface area contributed by atoms with E-state index in [0.717, 1.165) is 12.8 Å². The van der Waals surface area contributed by atoms with Gasteiger partial charge < -0.3 is 11.1 Å². The van der Waals surface area contributed by atoms with Crippen LogP contribution in [0.5, 0.6) is 0 Å². The quantitative estimate of drug-likeness (QED) is 0.739. The summed E-state index contributed by atoms with van der Waals surface area (Å²) >= 11 is 0. The van der Waals surface area contributed by atoms with Crippen LogP contribution in [0.15, 0.2) is 18.5 Å². The Morgan fingerprint density at radius 3 is 2.94 bits per heavy atom. The van der Waals surface area contributed by atoms with Crippen molar-refractivity contribution in [3.8, 4) is 0 Å². The molecule has 1 aromatic heterocycles. The Morgan fingerprint density at radius 2 is 2.38 bits per heavy atom. The van der Waals surface area contributed by atoms with E-state index in [1.807, 2.05) is 26.1 Å². The van der Waals surface area contributed by atoms with Gasteiger partial charge in [0.2, 0.25) is 5.91 Å². The Hall–Kier alpha value is -1.36. The van der Waals surface area contributed by atoms with E-state index in [9.17, 15) is 4.79 Å². The van der Waals surface area contributed by atoms with Crippen molar-refractivity contribution in [2.75, 3.05) is 0 Å². The molecule has 0 unspecified atom stereocenters. The van der Waals surface area contributed by atoms with Crippen molar-refractivity contribution in [1.29, 1.82) is 0 Å². The number of hydrogen-bond donors (Lipinski definition) is 2. The minimum atomic E-state index is -0.398. The van der Waals surface area contributed by atoms with Crippen LogP contribution in [-0.2, 0) is 11.3 Å². The Kier molecular flexibility index (Phi) is 4.98. The molecule has 16 heavy (non-hydrogen) atoms. The molecular formula is C11H20N4O. The van der Waals surface area contributed by atoms with Crippen LogP contribution in [-0.4, -0.2) is 27.8 Å². The van der Waals surface area contributed by atoms with Gasteiger partial charge >= 0.3 is 0 Å². The molecule has 0 saturated carbocycles. The molecule has 1 rings (SSSR count). The zero-order valence-electron chi connectivity index (χ0n) is 9.89. The molecule has 5 nitrogen and oxygen atoms in total. The maximum atomic E-state index is 11.6. The molecule has 0 radical (unpaired) electrons. The molecule has 0 spiro atoms. The molecule has 1 amide bonds. The third kappa shape index (κ3) is 4.02. The molecule has 0 saturated heterocycles. The van der Waals surface area contributed by atoms with E-state index in [4.69, 9.17) is 5.73 Å². The minimum Gasteiger partial charge on any atom is -0.350 e. The maximum Gasteiger partial charge on any atom is 0.237 e. The average Bonchev–Trinajstić information content (AvgIpc) is 2.70. The van der Waals surface area contributed by atoms with Gasteiger partial charge in [0.05, 0.1) is 12.6 Å². The average molecular weight is 224 g/mol. The summed E-state index contributed by atoms with van der Waals surface area (Å²) in [4.78, 5) is 11.6. The first-order chi connectivity index (χ1) is 7.63. The zero-order chi connectivity index (χ0) is 12.0. The third-order valence-corrected chi connectivity index (χ3v) is 2.35. The van der Waals surface area contributed by atoms with Gasteiger partial charge in [0, 0.05) is 18.4 Å². The van der Waals surface area contributed by atoms with E-state index in [1.165, 1.54) is 0 Å². The van der Waals surface area contributed by atoms with E-state index >= 15 is 0 Å². The lowest BCUT2D eigenvalue weighted by Gasteiger charge is -2.17. The van der Waals surface area contributed by atoms with E-state index in [0.29, 0.717) is 6.54 Å². The number of rotatable bonds is 6. The van der Waals surface area contributed by atoms with Crippen LogP contribution in [0.2, 0.25) is 0 Å². The van der Waals surface area contributed by atoms with Crippen molar-refractivity contribution >= 4 is 5.91 Å². The fourth-order valence-corrected chi connectivity index (χ4v) is 1.53. The number of hydrogen-bond acceptors (Lipinski definition) is 3. The van der Waals surface area contributed by atoms with Crippen LogP contribution >= 0.6 is 0 Å². The molecule has 2 atom stereocenters. The van der Waals surface area contributed by atoms with E-state index in [1.54, 1.807) is 10.9 Å². The van der Waals surface area contributed by atoms with Crippen LogP contribution in [0.1, 0.15) is 26.7 Å². The number of nitrogens with one attached hydrogen (secondary N) is 1. The zero-order valence-corrected chi connectivity index (χ0v) is 9.89. The fourth-order valence-electron chi connectivity index (χ4n) is 1.53. The number of nitrogens with zero attached hydrogens (tertiary/aromatic N) is 2. The highest BCUT2D eigenvalue weighted by atomic mass is 16.2. The first-order valence-corrected chi connectivity index (χ1v) is 5.67. The molecular weight excluding hydrogens is 204 g/mol. The lowest BCUT2D eigenvalue weighted by atomic mass is 10.1. The number of carbonyl (C=O) groups is 1. The SMILES string of the molecule is CCC[C@@H](N)C(=O)N[C@@H](C)Cn1cccn1. The molecule has 3 N–H and O–H groups in total. The molecule has 0 fully saturated rings. The number of amides is 1. The summed E-state index contributed by atoms with van der Waals surface area (Å²) in [7, 11) is 0. The number of aromatic nitrogens is 2. The van der Waals surface area contributed by atoms with Crippen LogP contribution in [0.25, 0.3) is 0 Å². The molecule has 1 heterocycles. The van der Waals surface area contributed by atoms with Crippen LogP contribution < -0.4 is 11.1 Å². The van der Waals surface area contributed by atoms with Gasteiger partial charge in [-0.25, -0.2) is 0 Å². The summed E-state index contributed by atoms with van der Waals surface area (Å²) in [5, 5.41) is 6.96. The highest BCUT2D eigenvalue weighted by molar-refractivity contribution is 5.81. The van der Waals surface area contributed by atoms with Crippen LogP contribution in [0.3, 0.4) is 0 Å². The topological polar surface area (TPSA) is 72.9 Å². The molecule has 0 bridgehead atoms. The smallest absolute Gasteiger partial charge is 0.237 e. The van der Waals surface area contributed by atoms with E-state index in [-0.39, 0.29) is 11.9 Å². The molecule has 0 aliphatic rings. The summed E-state index contributed by atoms with van der Waals surface area (Å²) in [6.45, 7) is 4.62. The van der Waals surface area contributed by atoms with Crippen molar-refractivity contribution in [1.82, 2.24) is 15.1 Å². The monoisotopic (exact) mass is 224 g/mol. The van der Waals surface area contributed by atoms with Crippen molar-refractivity contribution in [3.05, 3.63) is 18.5 Å². The van der Waals surface area contributed by atoms with Gasteiger partial charge in [-0.1, -0.05) is 13.3 Å². The molecule has 0 aliphatic carbocycles. The van der Waals surface area contributed by atoms with Gasteiger partial charge in [-0.2, -0.15) is 5.10 Å². The summed E-state index contributed by atoms with van der Waals surface area (Å²) in [5.74, 6) is -0.0819. The summed E-state index contributed by atoms with van der Waals surface area (Å²) < 4.78 is 1.79. The van der Waals surface area contributed by atoms with Gasteiger partial charge in [0.25, 0.3) is 0 Å². The predicted molar refractivity (Wildman–Crippen MR) is 62.7 cm³/mol. The summed E-state index contributed by atoms with van der Waals surface area (Å²) in [5.41, 5.74) is 5.71. The van der Waals surface area contributed by atoms with Crippen molar-refractivity contribution in [3.63, 3.8) is 0 Å². The Labute approximate surface area is 96.0 Å². The standard InChI is InChI=1S/C11H20N4O/c1-3-5-10(12)11(16)14-9(2)8-15-7-4-6-13-15/h4,6-7,9-10H,3,5,8,12H2,1-2H3,(H,14,16)/t9-,10+/m0/s1. The van der Waals surface area contributed by atoms with Crippen LogP contribution in [0, 0.1) is 0 Å².